The first-order valence-electron chi connectivity index (χ1n) is 13.6. The highest BCUT2D eigenvalue weighted by Crippen LogP contribution is 2.42. The quantitative estimate of drug-likeness (QED) is 0.279. The maximum atomic E-state index is 13.7. The second-order valence-corrected chi connectivity index (χ2v) is 11.1. The number of aryl methyl sites for hydroxylation is 1. The molecule has 12 heteroatoms. The molecule has 1 atom stereocenters. The molecule has 4 heterocycles. The summed E-state index contributed by atoms with van der Waals surface area (Å²) in [6.45, 7) is 8.31. The summed E-state index contributed by atoms with van der Waals surface area (Å²) in [5, 5.41) is 13.4. The fourth-order valence-corrected chi connectivity index (χ4v) is 5.44. The van der Waals surface area contributed by atoms with Crippen molar-refractivity contribution in [3.8, 4) is 0 Å². The Kier molecular flexibility index (Phi) is 7.57. The number of fused-ring (bicyclic) bond motifs is 2. The molecule has 218 valence electrons. The number of urea groups is 1. The van der Waals surface area contributed by atoms with Crippen LogP contribution in [-0.2, 0) is 23.9 Å². The van der Waals surface area contributed by atoms with Gasteiger partial charge in [-0.3, -0.25) is 14.3 Å². The number of nitrogens with zero attached hydrogens (tertiary/aromatic N) is 6. The first-order valence-corrected chi connectivity index (χ1v) is 13.6. The standard InChI is InChI=1S/C30H35N9O3/c1-7-25(40)31-20-13-14-38-18-23(32-24(38)15-20)28(41)34-27-21-16-39(30(2,3)26(21)37(6)35-27)29(42)33-22(17-36(4)5)19-11-9-8-10-12-19/h7-15,18,22H,1,16-17H2,2-6H3,(H,31,40)(H,33,42)(H,34,35,41)/t22-/m1/s1. The number of anilines is 2. The minimum absolute atomic E-state index is 0.183. The third-order valence-corrected chi connectivity index (χ3v) is 7.39. The number of benzene rings is 1. The molecule has 3 aromatic heterocycles. The van der Waals surface area contributed by atoms with E-state index in [-0.39, 0.29) is 30.2 Å². The molecule has 4 aromatic rings. The largest absolute Gasteiger partial charge is 0.330 e. The first-order chi connectivity index (χ1) is 20.0. The molecule has 0 unspecified atom stereocenters. The Morgan fingerprint density at radius 2 is 1.88 bits per heavy atom. The minimum Gasteiger partial charge on any atom is -0.330 e. The third kappa shape index (κ3) is 5.48. The maximum absolute atomic E-state index is 13.7. The van der Waals surface area contributed by atoms with Crippen LogP contribution in [0.4, 0.5) is 16.3 Å². The van der Waals surface area contributed by atoms with Crippen molar-refractivity contribution in [2.75, 3.05) is 31.3 Å². The van der Waals surface area contributed by atoms with E-state index in [2.05, 4.69) is 32.6 Å². The van der Waals surface area contributed by atoms with E-state index >= 15 is 0 Å². The van der Waals surface area contributed by atoms with Crippen molar-refractivity contribution in [3.05, 3.63) is 90.0 Å². The Hall–Kier alpha value is -4.97. The Balaban J connectivity index is 1.35. The van der Waals surface area contributed by atoms with Gasteiger partial charge in [0, 0.05) is 43.3 Å². The zero-order valence-electron chi connectivity index (χ0n) is 24.4. The average molecular weight is 570 g/mol. The van der Waals surface area contributed by atoms with Crippen LogP contribution >= 0.6 is 0 Å². The second-order valence-electron chi connectivity index (χ2n) is 11.1. The van der Waals surface area contributed by atoms with E-state index in [0.717, 1.165) is 16.8 Å². The smallest absolute Gasteiger partial charge is 0.319 e. The van der Waals surface area contributed by atoms with Crippen molar-refractivity contribution in [2.24, 2.45) is 7.05 Å². The van der Waals surface area contributed by atoms with Crippen LogP contribution in [0.2, 0.25) is 0 Å². The highest BCUT2D eigenvalue weighted by Gasteiger charge is 2.45. The van der Waals surface area contributed by atoms with E-state index in [0.29, 0.717) is 23.7 Å². The fraction of sp³-hybridized carbons (Fsp3) is 0.300. The Bertz CT molecular complexity index is 1670. The number of likely N-dealkylation sites (N-methyl/N-ethyl adjacent to an activating group) is 1. The first kappa shape index (κ1) is 28.6. The van der Waals surface area contributed by atoms with Crippen LogP contribution in [-0.4, -0.2) is 67.5 Å². The number of hydrogen-bond donors (Lipinski definition) is 3. The Morgan fingerprint density at radius 3 is 2.57 bits per heavy atom. The summed E-state index contributed by atoms with van der Waals surface area (Å²) in [6, 6.07) is 12.8. The van der Waals surface area contributed by atoms with Gasteiger partial charge in [0.1, 0.15) is 11.3 Å². The molecule has 3 N–H and O–H groups in total. The fourth-order valence-electron chi connectivity index (χ4n) is 5.44. The lowest BCUT2D eigenvalue weighted by atomic mass is 10.0. The zero-order valence-corrected chi connectivity index (χ0v) is 24.4. The van der Waals surface area contributed by atoms with Crippen molar-refractivity contribution in [1.82, 2.24) is 34.3 Å². The summed E-state index contributed by atoms with van der Waals surface area (Å²) >= 11 is 0. The van der Waals surface area contributed by atoms with E-state index < -0.39 is 11.4 Å². The molecule has 0 aliphatic carbocycles. The summed E-state index contributed by atoms with van der Waals surface area (Å²) in [7, 11) is 5.75. The molecule has 42 heavy (non-hydrogen) atoms. The van der Waals surface area contributed by atoms with Gasteiger partial charge in [0.25, 0.3) is 5.91 Å². The average Bonchev–Trinajstić information content (AvgIpc) is 3.60. The highest BCUT2D eigenvalue weighted by atomic mass is 16.2. The van der Waals surface area contributed by atoms with Crippen LogP contribution in [0.5, 0.6) is 0 Å². The molecule has 0 fully saturated rings. The van der Waals surface area contributed by atoms with Gasteiger partial charge in [-0.25, -0.2) is 9.78 Å². The number of aromatic nitrogens is 4. The van der Waals surface area contributed by atoms with E-state index in [1.54, 1.807) is 45.6 Å². The monoisotopic (exact) mass is 569 g/mol. The number of rotatable bonds is 8. The van der Waals surface area contributed by atoms with Crippen LogP contribution in [0.3, 0.4) is 0 Å². The summed E-state index contributed by atoms with van der Waals surface area (Å²) in [5.74, 6) is -0.399. The van der Waals surface area contributed by atoms with Crippen molar-refractivity contribution >= 4 is 35.0 Å². The molecular formula is C30H35N9O3. The molecule has 0 saturated carbocycles. The third-order valence-electron chi connectivity index (χ3n) is 7.39. The van der Waals surface area contributed by atoms with E-state index in [1.165, 1.54) is 6.08 Å². The van der Waals surface area contributed by atoms with Crippen molar-refractivity contribution in [1.29, 1.82) is 0 Å². The lowest BCUT2D eigenvalue weighted by Crippen LogP contribution is -2.49. The van der Waals surface area contributed by atoms with Gasteiger partial charge in [0.15, 0.2) is 5.82 Å². The second kappa shape index (κ2) is 11.1. The molecule has 5 rings (SSSR count). The summed E-state index contributed by atoms with van der Waals surface area (Å²) in [5.41, 5.74) is 3.16. The normalized spacial score (nSPS) is 14.5. The Labute approximate surface area is 244 Å². The molecule has 12 nitrogen and oxygen atoms in total. The molecule has 0 spiro atoms. The number of hydrogen-bond acceptors (Lipinski definition) is 6. The van der Waals surface area contributed by atoms with Crippen molar-refractivity contribution in [3.63, 3.8) is 0 Å². The van der Waals surface area contributed by atoms with Gasteiger partial charge in [-0.2, -0.15) is 5.10 Å². The van der Waals surface area contributed by atoms with E-state index in [1.807, 2.05) is 63.2 Å². The van der Waals surface area contributed by atoms with Gasteiger partial charge in [-0.1, -0.05) is 36.9 Å². The molecule has 4 amide bonds. The lowest BCUT2D eigenvalue weighted by Gasteiger charge is -2.34. The zero-order chi connectivity index (χ0) is 30.2. The molecular weight excluding hydrogens is 534 g/mol. The number of pyridine rings is 1. The maximum Gasteiger partial charge on any atom is 0.319 e. The predicted molar refractivity (Wildman–Crippen MR) is 160 cm³/mol. The number of nitrogens with one attached hydrogen (secondary N) is 3. The number of carbonyl (C=O) groups is 3. The summed E-state index contributed by atoms with van der Waals surface area (Å²) in [4.78, 5) is 46.8. The van der Waals surface area contributed by atoms with Crippen LogP contribution in [0.25, 0.3) is 5.65 Å². The van der Waals surface area contributed by atoms with Crippen molar-refractivity contribution < 1.29 is 14.4 Å². The van der Waals surface area contributed by atoms with E-state index in [9.17, 15) is 14.4 Å². The van der Waals surface area contributed by atoms with Gasteiger partial charge in [0.05, 0.1) is 23.8 Å². The molecule has 1 aliphatic heterocycles. The lowest BCUT2D eigenvalue weighted by molar-refractivity contribution is -0.111. The molecule has 1 aromatic carbocycles. The van der Waals surface area contributed by atoms with Crippen LogP contribution < -0.4 is 16.0 Å². The highest BCUT2D eigenvalue weighted by molar-refractivity contribution is 6.03. The molecule has 0 saturated heterocycles. The van der Waals surface area contributed by atoms with Gasteiger partial charge < -0.3 is 30.2 Å². The summed E-state index contributed by atoms with van der Waals surface area (Å²) in [6.07, 6.45) is 4.48. The molecule has 1 aliphatic rings. The Morgan fingerprint density at radius 1 is 1.14 bits per heavy atom. The SMILES string of the molecule is C=CC(=O)Nc1ccn2cc(C(=O)Nc3nn(C)c4c3CN(C(=O)N[C@H](CN(C)C)c3ccccc3)C4(C)C)nc2c1. The number of amides is 4. The van der Waals surface area contributed by atoms with E-state index in [4.69, 9.17) is 0 Å². The topological polar surface area (TPSA) is 129 Å². The van der Waals surface area contributed by atoms with Gasteiger partial charge in [-0.15, -0.1) is 0 Å². The summed E-state index contributed by atoms with van der Waals surface area (Å²) < 4.78 is 3.40. The molecule has 0 bridgehead atoms. The van der Waals surface area contributed by atoms with Crippen LogP contribution in [0, 0.1) is 0 Å². The van der Waals surface area contributed by atoms with Gasteiger partial charge >= 0.3 is 6.03 Å². The number of imidazole rings is 1. The minimum atomic E-state index is -0.682. The van der Waals surface area contributed by atoms with Crippen LogP contribution in [0.15, 0.2) is 67.5 Å². The number of carbonyl (C=O) groups excluding carboxylic acids is 3. The van der Waals surface area contributed by atoms with Crippen molar-refractivity contribution in [2.45, 2.75) is 32.0 Å². The van der Waals surface area contributed by atoms with Gasteiger partial charge in [-0.05, 0) is 45.6 Å². The van der Waals surface area contributed by atoms with Gasteiger partial charge in [0.2, 0.25) is 5.91 Å². The molecule has 0 radical (unpaired) electrons. The predicted octanol–water partition coefficient (Wildman–Crippen LogP) is 3.51. The van der Waals surface area contributed by atoms with Crippen LogP contribution in [0.1, 0.15) is 47.2 Å².